The summed E-state index contributed by atoms with van der Waals surface area (Å²) in [5.41, 5.74) is 3.26. The number of amides is 1. The molecule has 1 amide bonds. The summed E-state index contributed by atoms with van der Waals surface area (Å²) in [6.45, 7) is 4.12. The van der Waals surface area contributed by atoms with Crippen LogP contribution in [0.5, 0.6) is 5.75 Å². The van der Waals surface area contributed by atoms with E-state index < -0.39 is 0 Å². The van der Waals surface area contributed by atoms with Gasteiger partial charge in [-0.1, -0.05) is 31.2 Å². The summed E-state index contributed by atoms with van der Waals surface area (Å²) in [5, 5.41) is 0.0303. The summed E-state index contributed by atoms with van der Waals surface area (Å²) in [7, 11) is 1.66. The van der Waals surface area contributed by atoms with Gasteiger partial charge >= 0.3 is 0 Å². The first kappa shape index (κ1) is 15.9. The quantitative estimate of drug-likeness (QED) is 0.824. The van der Waals surface area contributed by atoms with Gasteiger partial charge in [-0.15, -0.1) is 11.8 Å². The predicted octanol–water partition coefficient (Wildman–Crippen LogP) is 4.56. The zero-order chi connectivity index (χ0) is 16.4. The number of hydrogen-bond donors (Lipinski definition) is 0. The average Bonchev–Trinajstić information content (AvgIpc) is 2.91. The minimum absolute atomic E-state index is 0.0140. The number of benzene rings is 2. The predicted molar refractivity (Wildman–Crippen MR) is 96.1 cm³/mol. The van der Waals surface area contributed by atoms with Crippen LogP contribution in [0.2, 0.25) is 0 Å². The lowest BCUT2D eigenvalue weighted by atomic mass is 10.1. The first-order valence-electron chi connectivity index (χ1n) is 7.83. The topological polar surface area (TPSA) is 29.5 Å². The molecule has 3 nitrogen and oxygen atoms in total. The van der Waals surface area contributed by atoms with Crippen molar-refractivity contribution in [3.8, 4) is 5.75 Å². The Morgan fingerprint density at radius 2 is 1.91 bits per heavy atom. The summed E-state index contributed by atoms with van der Waals surface area (Å²) < 4.78 is 5.24. The molecule has 0 saturated carbocycles. The van der Waals surface area contributed by atoms with Crippen molar-refractivity contribution in [2.24, 2.45) is 0 Å². The lowest BCUT2D eigenvalue weighted by molar-refractivity contribution is -0.117. The fourth-order valence-corrected chi connectivity index (χ4v) is 4.25. The van der Waals surface area contributed by atoms with Gasteiger partial charge in [-0.3, -0.25) is 9.69 Å². The van der Waals surface area contributed by atoms with E-state index in [0.717, 1.165) is 29.0 Å². The zero-order valence-corrected chi connectivity index (χ0v) is 14.5. The van der Waals surface area contributed by atoms with Crippen molar-refractivity contribution >= 4 is 23.4 Å². The molecule has 23 heavy (non-hydrogen) atoms. The van der Waals surface area contributed by atoms with Crippen LogP contribution in [0, 0.1) is 6.92 Å². The highest BCUT2D eigenvalue weighted by Gasteiger charge is 2.40. The molecule has 1 aliphatic rings. The maximum Gasteiger partial charge on any atom is 0.241 e. The second kappa shape index (κ2) is 6.67. The highest BCUT2D eigenvalue weighted by Crippen LogP contribution is 2.46. The van der Waals surface area contributed by atoms with Gasteiger partial charge in [-0.25, -0.2) is 0 Å². The van der Waals surface area contributed by atoms with Gasteiger partial charge in [0.25, 0.3) is 0 Å². The van der Waals surface area contributed by atoms with Gasteiger partial charge in [0.15, 0.2) is 0 Å². The van der Waals surface area contributed by atoms with Gasteiger partial charge in [0.05, 0.1) is 12.4 Å². The maximum atomic E-state index is 12.8. The van der Waals surface area contributed by atoms with Crippen LogP contribution in [-0.2, 0) is 4.79 Å². The molecule has 2 unspecified atom stereocenters. The van der Waals surface area contributed by atoms with Crippen molar-refractivity contribution in [3.05, 3.63) is 59.7 Å². The third kappa shape index (κ3) is 3.08. The van der Waals surface area contributed by atoms with Crippen LogP contribution >= 0.6 is 11.8 Å². The van der Waals surface area contributed by atoms with Gasteiger partial charge in [-0.2, -0.15) is 0 Å². The minimum Gasteiger partial charge on any atom is -0.497 e. The molecule has 0 radical (unpaired) electrons. The standard InChI is InChI=1S/C19H21NO2S/c1-4-17-18(21)20(15-7-5-6-13(2)12-15)19(23-17)14-8-10-16(22-3)11-9-14/h5-12,17,19H,4H2,1-3H3. The highest BCUT2D eigenvalue weighted by atomic mass is 32.2. The molecule has 0 spiro atoms. The van der Waals surface area contributed by atoms with Crippen LogP contribution in [-0.4, -0.2) is 18.3 Å². The van der Waals surface area contributed by atoms with E-state index in [1.54, 1.807) is 18.9 Å². The molecular weight excluding hydrogens is 306 g/mol. The van der Waals surface area contributed by atoms with Gasteiger partial charge < -0.3 is 4.74 Å². The van der Waals surface area contributed by atoms with Crippen LogP contribution in [0.15, 0.2) is 48.5 Å². The molecule has 2 aromatic carbocycles. The van der Waals surface area contributed by atoms with Crippen LogP contribution in [0.25, 0.3) is 0 Å². The number of methoxy groups -OCH3 is 1. The van der Waals surface area contributed by atoms with Gasteiger partial charge in [0.1, 0.15) is 11.1 Å². The first-order chi connectivity index (χ1) is 11.1. The third-order valence-corrected chi connectivity index (χ3v) is 5.70. The van der Waals surface area contributed by atoms with E-state index >= 15 is 0 Å². The smallest absolute Gasteiger partial charge is 0.241 e. The van der Waals surface area contributed by atoms with E-state index in [9.17, 15) is 4.79 Å². The van der Waals surface area contributed by atoms with Gasteiger partial charge in [0, 0.05) is 5.69 Å². The van der Waals surface area contributed by atoms with Crippen molar-refractivity contribution in [1.82, 2.24) is 0 Å². The molecule has 120 valence electrons. The number of hydrogen-bond acceptors (Lipinski definition) is 3. The van der Waals surface area contributed by atoms with E-state index in [0.29, 0.717) is 0 Å². The second-order valence-electron chi connectivity index (χ2n) is 5.71. The summed E-state index contributed by atoms with van der Waals surface area (Å²) in [6, 6.07) is 16.1. The van der Waals surface area contributed by atoms with E-state index in [4.69, 9.17) is 4.74 Å². The molecule has 2 atom stereocenters. The minimum atomic E-state index is 0.0140. The van der Waals surface area contributed by atoms with Crippen LogP contribution in [0.3, 0.4) is 0 Å². The number of carbonyl (C=O) groups excluding carboxylic acids is 1. The van der Waals surface area contributed by atoms with Crippen molar-refractivity contribution in [1.29, 1.82) is 0 Å². The van der Waals surface area contributed by atoms with E-state index in [1.165, 1.54) is 0 Å². The molecule has 1 heterocycles. The number of rotatable bonds is 4. The van der Waals surface area contributed by atoms with Gasteiger partial charge in [0.2, 0.25) is 5.91 Å². The summed E-state index contributed by atoms with van der Waals surface area (Å²) in [5.74, 6) is 1.03. The monoisotopic (exact) mass is 327 g/mol. The Morgan fingerprint density at radius 3 is 2.52 bits per heavy atom. The molecule has 0 aliphatic carbocycles. The number of carbonyl (C=O) groups is 1. The van der Waals surface area contributed by atoms with E-state index in [-0.39, 0.29) is 16.5 Å². The van der Waals surface area contributed by atoms with Crippen molar-refractivity contribution < 1.29 is 9.53 Å². The fourth-order valence-electron chi connectivity index (χ4n) is 2.85. The molecule has 0 aromatic heterocycles. The highest BCUT2D eigenvalue weighted by molar-refractivity contribution is 8.01. The Labute approximate surface area is 141 Å². The van der Waals surface area contributed by atoms with Crippen LogP contribution in [0.1, 0.15) is 29.8 Å². The molecule has 0 bridgehead atoms. The number of anilines is 1. The van der Waals surface area contributed by atoms with Crippen molar-refractivity contribution in [3.63, 3.8) is 0 Å². The molecule has 3 rings (SSSR count). The Morgan fingerprint density at radius 1 is 1.17 bits per heavy atom. The Hall–Kier alpha value is -1.94. The maximum absolute atomic E-state index is 12.8. The lowest BCUT2D eigenvalue weighted by Crippen LogP contribution is -2.30. The fraction of sp³-hybridized carbons (Fsp3) is 0.316. The summed E-state index contributed by atoms with van der Waals surface area (Å²) >= 11 is 1.73. The second-order valence-corrected chi connectivity index (χ2v) is 6.99. The molecule has 2 aromatic rings. The SMILES string of the molecule is CCC1SC(c2ccc(OC)cc2)N(c2cccc(C)c2)C1=O. The Bertz CT molecular complexity index is 699. The third-order valence-electron chi connectivity index (χ3n) is 4.09. The number of ether oxygens (including phenoxy) is 1. The van der Waals surface area contributed by atoms with Crippen LogP contribution < -0.4 is 9.64 Å². The van der Waals surface area contributed by atoms with Crippen LogP contribution in [0.4, 0.5) is 5.69 Å². The van der Waals surface area contributed by atoms with E-state index in [2.05, 4.69) is 26.0 Å². The summed E-state index contributed by atoms with van der Waals surface area (Å²) in [4.78, 5) is 14.8. The summed E-state index contributed by atoms with van der Waals surface area (Å²) in [6.07, 6.45) is 0.846. The van der Waals surface area contributed by atoms with Crippen molar-refractivity contribution in [2.45, 2.75) is 30.9 Å². The normalized spacial score (nSPS) is 20.8. The van der Waals surface area contributed by atoms with Gasteiger partial charge in [-0.05, 0) is 48.7 Å². The molecule has 1 fully saturated rings. The number of nitrogens with zero attached hydrogens (tertiary/aromatic N) is 1. The number of thioether (sulfide) groups is 1. The van der Waals surface area contributed by atoms with Crippen molar-refractivity contribution in [2.75, 3.05) is 12.0 Å². The Kier molecular flexibility index (Phi) is 4.62. The van der Waals surface area contributed by atoms with E-state index in [1.807, 2.05) is 41.3 Å². The molecule has 1 aliphatic heterocycles. The molecule has 0 N–H and O–H groups in total. The lowest BCUT2D eigenvalue weighted by Gasteiger charge is -2.24. The molecule has 1 saturated heterocycles. The molecular formula is C19H21NO2S. The first-order valence-corrected chi connectivity index (χ1v) is 8.77. The molecule has 4 heteroatoms. The Balaban J connectivity index is 1.99. The number of aryl methyl sites for hydroxylation is 1. The average molecular weight is 327 g/mol. The zero-order valence-electron chi connectivity index (χ0n) is 13.7. The largest absolute Gasteiger partial charge is 0.497 e.